The number of carbonyl (C=O) groups excluding carboxylic acids is 1. The number of halogens is 1. The van der Waals surface area contributed by atoms with Crippen molar-refractivity contribution in [1.29, 1.82) is 0 Å². The van der Waals surface area contributed by atoms with Crippen LogP contribution in [0.2, 0.25) is 5.02 Å². The van der Waals surface area contributed by atoms with Gasteiger partial charge < -0.3 is 10.6 Å². The van der Waals surface area contributed by atoms with E-state index in [9.17, 15) is 4.79 Å². The molecule has 0 aliphatic carbocycles. The van der Waals surface area contributed by atoms with E-state index in [2.05, 4.69) is 22.8 Å². The molecule has 24 heavy (non-hydrogen) atoms. The van der Waals surface area contributed by atoms with Crippen molar-refractivity contribution in [2.45, 2.75) is 26.2 Å². The first kappa shape index (κ1) is 17.0. The average Bonchev–Trinajstić information content (AvgIpc) is 2.57. The fraction of sp³-hybridized carbons (Fsp3) is 0.350. The topological polar surface area (TPSA) is 41.1 Å². The lowest BCUT2D eigenvalue weighted by atomic mass is 9.91. The van der Waals surface area contributed by atoms with Gasteiger partial charge in [-0.3, -0.25) is 4.79 Å². The number of anilines is 1. The van der Waals surface area contributed by atoms with Crippen LogP contribution in [0.25, 0.3) is 0 Å². The van der Waals surface area contributed by atoms with Crippen LogP contribution in [-0.2, 0) is 6.42 Å². The molecule has 2 N–H and O–H groups in total. The van der Waals surface area contributed by atoms with Gasteiger partial charge in [-0.05, 0) is 80.6 Å². The summed E-state index contributed by atoms with van der Waals surface area (Å²) in [5.41, 5.74) is 3.67. The number of nitrogens with one attached hydrogen (secondary N) is 2. The molecule has 0 atom stereocenters. The lowest BCUT2D eigenvalue weighted by Crippen LogP contribution is -2.28. The van der Waals surface area contributed by atoms with Crippen LogP contribution in [0.4, 0.5) is 5.69 Å². The molecular formula is C20H23ClN2O. The molecule has 2 aromatic rings. The minimum Gasteiger partial charge on any atom is -0.322 e. The molecule has 0 aromatic heterocycles. The van der Waals surface area contributed by atoms with Crippen molar-refractivity contribution >= 4 is 23.2 Å². The van der Waals surface area contributed by atoms with Crippen molar-refractivity contribution in [3.63, 3.8) is 0 Å². The van der Waals surface area contributed by atoms with Crippen LogP contribution in [0.15, 0.2) is 42.5 Å². The van der Waals surface area contributed by atoms with Gasteiger partial charge in [-0.15, -0.1) is 0 Å². The number of hydrogen-bond donors (Lipinski definition) is 2. The SMILES string of the molecule is Cc1ccc(C(=O)Nc2ccc(CC3CCNCC3)cc2)c(Cl)c1. The Morgan fingerprint density at radius 1 is 1.17 bits per heavy atom. The Labute approximate surface area is 148 Å². The normalized spacial score (nSPS) is 15.2. The van der Waals surface area contributed by atoms with Gasteiger partial charge in [0.1, 0.15) is 0 Å². The quantitative estimate of drug-likeness (QED) is 0.862. The molecule has 0 saturated carbocycles. The number of amides is 1. The van der Waals surface area contributed by atoms with Crippen LogP contribution in [0.3, 0.4) is 0 Å². The summed E-state index contributed by atoms with van der Waals surface area (Å²) in [6.45, 7) is 4.20. The predicted octanol–water partition coefficient (Wildman–Crippen LogP) is 4.44. The second-order valence-electron chi connectivity index (χ2n) is 6.53. The van der Waals surface area contributed by atoms with Crippen LogP contribution >= 0.6 is 11.6 Å². The summed E-state index contributed by atoms with van der Waals surface area (Å²) < 4.78 is 0. The van der Waals surface area contributed by atoms with E-state index in [0.29, 0.717) is 10.6 Å². The second kappa shape index (κ2) is 7.82. The highest BCUT2D eigenvalue weighted by Crippen LogP contribution is 2.21. The minimum absolute atomic E-state index is 0.175. The molecule has 1 heterocycles. The Bertz CT molecular complexity index is 706. The predicted molar refractivity (Wildman–Crippen MR) is 99.9 cm³/mol. The Morgan fingerprint density at radius 2 is 1.88 bits per heavy atom. The van der Waals surface area contributed by atoms with Gasteiger partial charge in [-0.2, -0.15) is 0 Å². The smallest absolute Gasteiger partial charge is 0.257 e. The molecular weight excluding hydrogens is 320 g/mol. The molecule has 3 nitrogen and oxygen atoms in total. The van der Waals surface area contributed by atoms with Gasteiger partial charge in [0.25, 0.3) is 5.91 Å². The van der Waals surface area contributed by atoms with Crippen molar-refractivity contribution in [2.24, 2.45) is 5.92 Å². The third kappa shape index (κ3) is 4.37. The standard InChI is InChI=1S/C20H23ClN2O/c1-14-2-7-18(19(21)12-14)20(24)23-17-5-3-15(4-6-17)13-16-8-10-22-11-9-16/h2-7,12,16,22H,8-11,13H2,1H3,(H,23,24). The molecule has 3 rings (SSSR count). The molecule has 126 valence electrons. The van der Waals surface area contributed by atoms with Crippen LogP contribution < -0.4 is 10.6 Å². The highest BCUT2D eigenvalue weighted by atomic mass is 35.5. The average molecular weight is 343 g/mol. The molecule has 2 aromatic carbocycles. The highest BCUT2D eigenvalue weighted by Gasteiger charge is 2.14. The highest BCUT2D eigenvalue weighted by molar-refractivity contribution is 6.34. The first-order valence-electron chi connectivity index (χ1n) is 8.49. The van der Waals surface area contributed by atoms with E-state index in [1.54, 1.807) is 12.1 Å². The zero-order valence-corrected chi connectivity index (χ0v) is 14.7. The zero-order chi connectivity index (χ0) is 16.9. The summed E-state index contributed by atoms with van der Waals surface area (Å²) in [6, 6.07) is 13.6. The van der Waals surface area contributed by atoms with Crippen molar-refractivity contribution < 1.29 is 4.79 Å². The van der Waals surface area contributed by atoms with Gasteiger partial charge in [-0.1, -0.05) is 29.8 Å². The maximum Gasteiger partial charge on any atom is 0.257 e. The maximum absolute atomic E-state index is 12.3. The maximum atomic E-state index is 12.3. The van der Waals surface area contributed by atoms with Crippen LogP contribution in [-0.4, -0.2) is 19.0 Å². The van der Waals surface area contributed by atoms with Gasteiger partial charge in [0, 0.05) is 5.69 Å². The number of carbonyl (C=O) groups is 1. The summed E-state index contributed by atoms with van der Waals surface area (Å²) in [4.78, 5) is 12.3. The largest absolute Gasteiger partial charge is 0.322 e. The third-order valence-electron chi connectivity index (χ3n) is 4.56. The Kier molecular flexibility index (Phi) is 5.54. The van der Waals surface area contributed by atoms with E-state index in [1.165, 1.54) is 18.4 Å². The third-order valence-corrected chi connectivity index (χ3v) is 4.88. The number of piperidine rings is 1. The summed E-state index contributed by atoms with van der Waals surface area (Å²) >= 11 is 6.16. The van der Waals surface area contributed by atoms with Crippen LogP contribution in [0, 0.1) is 12.8 Å². The molecule has 1 aliphatic heterocycles. The Morgan fingerprint density at radius 3 is 2.54 bits per heavy atom. The molecule has 1 saturated heterocycles. The van der Waals surface area contributed by atoms with E-state index in [1.807, 2.05) is 25.1 Å². The summed E-state index contributed by atoms with van der Waals surface area (Å²) in [6.07, 6.45) is 3.59. The van der Waals surface area contributed by atoms with E-state index in [0.717, 1.165) is 36.7 Å². The van der Waals surface area contributed by atoms with E-state index >= 15 is 0 Å². The number of hydrogen-bond acceptors (Lipinski definition) is 2. The van der Waals surface area contributed by atoms with Crippen LogP contribution in [0.5, 0.6) is 0 Å². The molecule has 1 amide bonds. The summed E-state index contributed by atoms with van der Waals surface area (Å²) in [5.74, 6) is 0.587. The molecule has 0 bridgehead atoms. The zero-order valence-electron chi connectivity index (χ0n) is 13.9. The van der Waals surface area contributed by atoms with Gasteiger partial charge in [0.2, 0.25) is 0 Å². The monoisotopic (exact) mass is 342 g/mol. The first-order chi connectivity index (χ1) is 11.6. The molecule has 4 heteroatoms. The summed E-state index contributed by atoms with van der Waals surface area (Å²) in [7, 11) is 0. The number of rotatable bonds is 4. The van der Waals surface area contributed by atoms with Gasteiger partial charge in [0.15, 0.2) is 0 Å². The molecule has 0 unspecified atom stereocenters. The van der Waals surface area contributed by atoms with Gasteiger partial charge >= 0.3 is 0 Å². The van der Waals surface area contributed by atoms with E-state index < -0.39 is 0 Å². The fourth-order valence-corrected chi connectivity index (χ4v) is 3.47. The second-order valence-corrected chi connectivity index (χ2v) is 6.94. The van der Waals surface area contributed by atoms with E-state index in [-0.39, 0.29) is 5.91 Å². The molecule has 0 spiro atoms. The van der Waals surface area contributed by atoms with Crippen molar-refractivity contribution in [3.05, 3.63) is 64.2 Å². The minimum atomic E-state index is -0.175. The van der Waals surface area contributed by atoms with Crippen molar-refractivity contribution in [3.8, 4) is 0 Å². The molecule has 1 aliphatic rings. The number of benzene rings is 2. The van der Waals surface area contributed by atoms with Crippen LogP contribution in [0.1, 0.15) is 34.3 Å². The van der Waals surface area contributed by atoms with Crippen molar-refractivity contribution in [2.75, 3.05) is 18.4 Å². The first-order valence-corrected chi connectivity index (χ1v) is 8.87. The van der Waals surface area contributed by atoms with E-state index in [4.69, 9.17) is 11.6 Å². The summed E-state index contributed by atoms with van der Waals surface area (Å²) in [5, 5.41) is 6.79. The van der Waals surface area contributed by atoms with Crippen molar-refractivity contribution in [1.82, 2.24) is 5.32 Å². The lowest BCUT2D eigenvalue weighted by Gasteiger charge is -2.22. The lowest BCUT2D eigenvalue weighted by molar-refractivity contribution is 0.102. The van der Waals surface area contributed by atoms with Gasteiger partial charge in [-0.25, -0.2) is 0 Å². The number of aryl methyl sites for hydroxylation is 1. The Balaban J connectivity index is 1.62. The molecule has 0 radical (unpaired) electrons. The van der Waals surface area contributed by atoms with Gasteiger partial charge in [0.05, 0.1) is 10.6 Å². The molecule has 1 fully saturated rings. The fourth-order valence-electron chi connectivity index (χ4n) is 3.15. The Hall–Kier alpha value is -1.84.